The molecule has 4 heterocycles. The standard InChI is InChI=1S/C20H19N5O2S2/c1-11-15-17(25-7-9-27-10-8-25)21-12(2)22-19(15)29-16(11)18(26)24-20-23-13-5-3-4-6-14(13)28-20/h3-6H,7-10H2,1-2H3,(H,23,24,26). The van der Waals surface area contributed by atoms with Crippen molar-refractivity contribution in [3.8, 4) is 0 Å². The van der Waals surface area contributed by atoms with Crippen LogP contribution < -0.4 is 10.2 Å². The number of hydrogen-bond acceptors (Lipinski definition) is 8. The van der Waals surface area contributed by atoms with Crippen LogP contribution in [0.1, 0.15) is 21.1 Å². The smallest absolute Gasteiger partial charge is 0.267 e. The third-order valence-electron chi connectivity index (χ3n) is 4.91. The molecule has 0 unspecified atom stereocenters. The molecule has 1 aliphatic rings. The summed E-state index contributed by atoms with van der Waals surface area (Å²) in [6, 6.07) is 7.86. The first-order valence-corrected chi connectivity index (χ1v) is 11.0. The van der Waals surface area contributed by atoms with Gasteiger partial charge in [0.25, 0.3) is 5.91 Å². The first kappa shape index (κ1) is 18.4. The van der Waals surface area contributed by atoms with Gasteiger partial charge in [0.05, 0.1) is 33.7 Å². The summed E-state index contributed by atoms with van der Waals surface area (Å²) < 4.78 is 6.52. The Hall–Kier alpha value is -2.62. The Kier molecular flexibility index (Phi) is 4.65. The number of nitrogens with one attached hydrogen (secondary N) is 1. The number of aryl methyl sites for hydroxylation is 2. The normalized spacial score (nSPS) is 14.6. The van der Waals surface area contributed by atoms with Gasteiger partial charge in [0.2, 0.25) is 0 Å². The van der Waals surface area contributed by atoms with Gasteiger partial charge in [-0.05, 0) is 31.5 Å². The van der Waals surface area contributed by atoms with Crippen molar-refractivity contribution in [3.63, 3.8) is 0 Å². The zero-order valence-electron chi connectivity index (χ0n) is 16.1. The van der Waals surface area contributed by atoms with Crippen LogP contribution in [0.25, 0.3) is 20.4 Å². The summed E-state index contributed by atoms with van der Waals surface area (Å²) in [5.74, 6) is 1.44. The lowest BCUT2D eigenvalue weighted by Gasteiger charge is -2.28. The van der Waals surface area contributed by atoms with E-state index in [-0.39, 0.29) is 5.91 Å². The van der Waals surface area contributed by atoms with Gasteiger partial charge in [0, 0.05) is 13.1 Å². The number of rotatable bonds is 3. The molecule has 0 saturated carbocycles. The highest BCUT2D eigenvalue weighted by Gasteiger charge is 2.24. The van der Waals surface area contributed by atoms with Crippen LogP contribution in [0.3, 0.4) is 0 Å². The fraction of sp³-hybridized carbons (Fsp3) is 0.300. The Labute approximate surface area is 175 Å². The van der Waals surface area contributed by atoms with Crippen LogP contribution in [-0.2, 0) is 4.74 Å². The maximum absolute atomic E-state index is 13.0. The van der Waals surface area contributed by atoms with Crippen LogP contribution in [0.5, 0.6) is 0 Å². The third kappa shape index (κ3) is 3.35. The van der Waals surface area contributed by atoms with Gasteiger partial charge >= 0.3 is 0 Å². The van der Waals surface area contributed by atoms with Gasteiger partial charge in [-0.25, -0.2) is 15.0 Å². The quantitative estimate of drug-likeness (QED) is 0.534. The van der Waals surface area contributed by atoms with E-state index >= 15 is 0 Å². The fourth-order valence-corrected chi connectivity index (χ4v) is 5.50. The molecule has 0 spiro atoms. The van der Waals surface area contributed by atoms with E-state index in [1.807, 2.05) is 38.1 Å². The first-order chi connectivity index (χ1) is 14.1. The van der Waals surface area contributed by atoms with Crippen molar-refractivity contribution in [2.45, 2.75) is 13.8 Å². The van der Waals surface area contributed by atoms with Gasteiger partial charge in [-0.3, -0.25) is 10.1 Å². The summed E-state index contributed by atoms with van der Waals surface area (Å²) in [6.07, 6.45) is 0. The molecule has 29 heavy (non-hydrogen) atoms. The van der Waals surface area contributed by atoms with Crippen molar-refractivity contribution in [1.29, 1.82) is 0 Å². The van der Waals surface area contributed by atoms with Gasteiger partial charge in [-0.1, -0.05) is 23.5 Å². The van der Waals surface area contributed by atoms with Gasteiger partial charge < -0.3 is 9.64 Å². The lowest BCUT2D eigenvalue weighted by molar-refractivity contribution is 0.103. The average Bonchev–Trinajstić information content (AvgIpc) is 3.28. The highest BCUT2D eigenvalue weighted by Crippen LogP contribution is 2.36. The molecule has 9 heteroatoms. The molecule has 1 amide bonds. The Morgan fingerprint density at radius 3 is 2.69 bits per heavy atom. The highest BCUT2D eigenvalue weighted by atomic mass is 32.1. The second kappa shape index (κ2) is 7.33. The van der Waals surface area contributed by atoms with Crippen molar-refractivity contribution < 1.29 is 9.53 Å². The van der Waals surface area contributed by atoms with E-state index in [2.05, 4.69) is 20.2 Å². The van der Waals surface area contributed by atoms with Crippen LogP contribution in [-0.4, -0.2) is 47.2 Å². The number of thiazole rings is 1. The lowest BCUT2D eigenvalue weighted by Crippen LogP contribution is -2.37. The number of thiophene rings is 1. The van der Waals surface area contributed by atoms with Gasteiger partial charge in [-0.2, -0.15) is 0 Å². The SMILES string of the molecule is Cc1nc(N2CCOCC2)c2c(C)c(C(=O)Nc3nc4ccccc4s3)sc2n1. The molecular weight excluding hydrogens is 406 g/mol. The summed E-state index contributed by atoms with van der Waals surface area (Å²) in [7, 11) is 0. The van der Waals surface area contributed by atoms with Gasteiger partial charge in [0.1, 0.15) is 16.5 Å². The van der Waals surface area contributed by atoms with Gasteiger partial charge in [0.15, 0.2) is 5.13 Å². The molecule has 5 rings (SSSR count). The molecule has 1 saturated heterocycles. The lowest BCUT2D eigenvalue weighted by atomic mass is 10.2. The van der Waals surface area contributed by atoms with E-state index in [0.29, 0.717) is 29.0 Å². The minimum Gasteiger partial charge on any atom is -0.378 e. The summed E-state index contributed by atoms with van der Waals surface area (Å²) in [5, 5.41) is 4.52. The Bertz CT molecular complexity index is 1190. The molecule has 0 bridgehead atoms. The number of anilines is 2. The molecule has 7 nitrogen and oxygen atoms in total. The monoisotopic (exact) mass is 425 g/mol. The average molecular weight is 426 g/mol. The number of para-hydroxylation sites is 1. The predicted molar refractivity (Wildman–Crippen MR) is 117 cm³/mol. The molecule has 3 aromatic heterocycles. The van der Waals surface area contributed by atoms with Crippen LogP contribution >= 0.6 is 22.7 Å². The summed E-state index contributed by atoms with van der Waals surface area (Å²) >= 11 is 2.88. The zero-order chi connectivity index (χ0) is 20.0. The number of carbonyl (C=O) groups is 1. The molecular formula is C20H19N5O2S2. The van der Waals surface area contributed by atoms with E-state index in [0.717, 1.165) is 44.9 Å². The van der Waals surface area contributed by atoms with Crippen molar-refractivity contribution in [1.82, 2.24) is 15.0 Å². The predicted octanol–water partition coefficient (Wildman–Crippen LogP) is 4.01. The van der Waals surface area contributed by atoms with Gasteiger partial charge in [-0.15, -0.1) is 11.3 Å². The van der Waals surface area contributed by atoms with Crippen LogP contribution in [0.2, 0.25) is 0 Å². The first-order valence-electron chi connectivity index (χ1n) is 9.37. The number of amides is 1. The summed E-state index contributed by atoms with van der Waals surface area (Å²) in [6.45, 7) is 6.79. The second-order valence-corrected chi connectivity index (χ2v) is 8.90. The van der Waals surface area contributed by atoms with E-state index in [1.165, 1.54) is 22.7 Å². The maximum Gasteiger partial charge on any atom is 0.267 e. The number of benzene rings is 1. The second-order valence-electron chi connectivity index (χ2n) is 6.87. The highest BCUT2D eigenvalue weighted by molar-refractivity contribution is 7.23. The van der Waals surface area contributed by atoms with Crippen molar-refractivity contribution in [3.05, 3.63) is 40.5 Å². The molecule has 148 valence electrons. The van der Waals surface area contributed by atoms with Crippen LogP contribution in [0, 0.1) is 13.8 Å². The minimum atomic E-state index is -0.157. The van der Waals surface area contributed by atoms with E-state index < -0.39 is 0 Å². The number of ether oxygens (including phenoxy) is 1. The molecule has 0 radical (unpaired) electrons. The molecule has 0 atom stereocenters. The number of hydrogen-bond donors (Lipinski definition) is 1. The topological polar surface area (TPSA) is 80.2 Å². The molecule has 1 fully saturated rings. The van der Waals surface area contributed by atoms with Crippen molar-refractivity contribution >= 4 is 60.0 Å². The van der Waals surface area contributed by atoms with E-state index in [4.69, 9.17) is 9.72 Å². The molecule has 0 aliphatic carbocycles. The van der Waals surface area contributed by atoms with Crippen molar-refractivity contribution in [2.24, 2.45) is 0 Å². The molecule has 1 aliphatic heterocycles. The van der Waals surface area contributed by atoms with E-state index in [1.54, 1.807) is 0 Å². The number of nitrogens with zero attached hydrogens (tertiary/aromatic N) is 4. The van der Waals surface area contributed by atoms with E-state index in [9.17, 15) is 4.79 Å². The summed E-state index contributed by atoms with van der Waals surface area (Å²) in [5.41, 5.74) is 1.79. The Morgan fingerprint density at radius 1 is 1.10 bits per heavy atom. The summed E-state index contributed by atoms with van der Waals surface area (Å²) in [4.78, 5) is 30.5. The number of fused-ring (bicyclic) bond motifs is 2. The fourth-order valence-electron chi connectivity index (χ4n) is 3.52. The Balaban J connectivity index is 1.52. The number of morpholine rings is 1. The molecule has 4 aromatic rings. The zero-order valence-corrected chi connectivity index (χ0v) is 17.7. The number of carbonyl (C=O) groups excluding carboxylic acids is 1. The van der Waals surface area contributed by atoms with Crippen molar-refractivity contribution in [2.75, 3.05) is 36.5 Å². The largest absolute Gasteiger partial charge is 0.378 e. The molecule has 1 N–H and O–H groups in total. The van der Waals surface area contributed by atoms with Crippen LogP contribution in [0.4, 0.5) is 10.9 Å². The number of aromatic nitrogens is 3. The Morgan fingerprint density at radius 2 is 1.90 bits per heavy atom. The maximum atomic E-state index is 13.0. The minimum absolute atomic E-state index is 0.157. The third-order valence-corrected chi connectivity index (χ3v) is 7.05. The van der Waals surface area contributed by atoms with Crippen LogP contribution in [0.15, 0.2) is 24.3 Å². The molecule has 1 aromatic carbocycles.